The molecule has 2 saturated heterocycles. The molecule has 0 radical (unpaired) electrons. The lowest BCUT2D eigenvalue weighted by atomic mass is 9.88. The van der Waals surface area contributed by atoms with Crippen LogP contribution in [0.2, 0.25) is 0 Å². The summed E-state index contributed by atoms with van der Waals surface area (Å²) in [6.07, 6.45) is 9.37. The SMILES string of the molecule is C=CC(=O)N1[C@H]2CC[C@@H]1[C@@H](c1nc(-c3ccc(C(=O)Nc4ccccn4)cc3)c3c(N)nccn13)C2. The number of carbonyl (C=O) groups excluding carboxylic acids is 2. The normalized spacial score (nSPS) is 20.6. The molecule has 3 aromatic heterocycles. The summed E-state index contributed by atoms with van der Waals surface area (Å²) in [7, 11) is 0. The minimum absolute atomic E-state index is 0.0215. The fraction of sp³-hybridized carbons (Fsp3) is 0.222. The average Bonchev–Trinajstić information content (AvgIpc) is 3.60. The topological polar surface area (TPSA) is 119 Å². The van der Waals surface area contributed by atoms with Crippen LogP contribution in [0.1, 0.15) is 41.4 Å². The molecule has 0 unspecified atom stereocenters. The van der Waals surface area contributed by atoms with Crippen LogP contribution in [-0.4, -0.2) is 48.2 Å². The number of pyridine rings is 1. The largest absolute Gasteiger partial charge is 0.382 e. The van der Waals surface area contributed by atoms with E-state index in [-0.39, 0.29) is 29.8 Å². The molecule has 4 aromatic rings. The van der Waals surface area contributed by atoms with Crippen LogP contribution in [0.3, 0.4) is 0 Å². The summed E-state index contributed by atoms with van der Waals surface area (Å²) < 4.78 is 2.00. The Hall–Kier alpha value is -4.53. The van der Waals surface area contributed by atoms with Crippen LogP contribution in [0.25, 0.3) is 16.8 Å². The molecule has 2 aliphatic heterocycles. The molecule has 1 aromatic carbocycles. The lowest BCUT2D eigenvalue weighted by Gasteiger charge is -2.22. The third kappa shape index (κ3) is 3.51. The number of benzene rings is 1. The lowest BCUT2D eigenvalue weighted by molar-refractivity contribution is -0.127. The van der Waals surface area contributed by atoms with Crippen molar-refractivity contribution >= 4 is 29.0 Å². The smallest absolute Gasteiger partial charge is 0.256 e. The number of hydrogen-bond donors (Lipinski definition) is 2. The minimum atomic E-state index is -0.245. The first-order valence-corrected chi connectivity index (χ1v) is 11.9. The standard InChI is InChI=1S/C27H25N7O2/c1-2-22(35)34-18-10-11-20(34)19(15-18)26-32-23(24-25(28)30-13-14-33(24)26)16-6-8-17(9-7-16)27(36)31-21-5-3-4-12-29-21/h2-9,12-14,18-20H,1,10-11,15H2,(H2,28,30)(H,29,31,36)/t18-,19-,20+/m0/s1. The Labute approximate surface area is 207 Å². The van der Waals surface area contributed by atoms with Gasteiger partial charge in [-0.3, -0.25) is 14.0 Å². The fourth-order valence-electron chi connectivity index (χ4n) is 5.67. The van der Waals surface area contributed by atoms with E-state index in [1.165, 1.54) is 6.08 Å². The Morgan fingerprint density at radius 3 is 2.67 bits per heavy atom. The highest BCUT2D eigenvalue weighted by molar-refractivity contribution is 6.04. The quantitative estimate of drug-likeness (QED) is 0.422. The molecule has 36 heavy (non-hydrogen) atoms. The molecular weight excluding hydrogens is 454 g/mol. The molecule has 0 aliphatic carbocycles. The van der Waals surface area contributed by atoms with Crippen molar-refractivity contribution in [2.75, 3.05) is 11.1 Å². The van der Waals surface area contributed by atoms with Crippen molar-refractivity contribution in [2.45, 2.75) is 37.3 Å². The molecule has 9 nitrogen and oxygen atoms in total. The molecule has 3 N–H and O–H groups in total. The van der Waals surface area contributed by atoms with E-state index in [1.54, 1.807) is 36.7 Å². The van der Waals surface area contributed by atoms with Crippen LogP contribution >= 0.6 is 0 Å². The number of carbonyl (C=O) groups is 2. The molecule has 2 bridgehead atoms. The van der Waals surface area contributed by atoms with E-state index in [0.29, 0.717) is 22.9 Å². The van der Waals surface area contributed by atoms with Gasteiger partial charge in [-0.1, -0.05) is 24.8 Å². The second-order valence-electron chi connectivity index (χ2n) is 9.19. The highest BCUT2D eigenvalue weighted by Gasteiger charge is 2.49. The number of amides is 2. The van der Waals surface area contributed by atoms with E-state index in [9.17, 15) is 9.59 Å². The Morgan fingerprint density at radius 2 is 1.92 bits per heavy atom. The summed E-state index contributed by atoms with van der Waals surface area (Å²) in [5, 5.41) is 2.79. The van der Waals surface area contributed by atoms with E-state index in [0.717, 1.165) is 36.2 Å². The summed E-state index contributed by atoms with van der Waals surface area (Å²) in [6, 6.07) is 12.9. The second-order valence-corrected chi connectivity index (χ2v) is 9.19. The molecule has 5 heterocycles. The number of nitrogens with zero attached hydrogens (tertiary/aromatic N) is 5. The summed E-state index contributed by atoms with van der Waals surface area (Å²) >= 11 is 0. The van der Waals surface area contributed by atoms with Crippen molar-refractivity contribution in [3.05, 3.63) is 85.1 Å². The van der Waals surface area contributed by atoms with E-state index in [1.807, 2.05) is 33.7 Å². The predicted molar refractivity (Wildman–Crippen MR) is 136 cm³/mol. The Kier molecular flexibility index (Phi) is 5.25. The van der Waals surface area contributed by atoms with Gasteiger partial charge in [-0.2, -0.15) is 0 Å². The summed E-state index contributed by atoms with van der Waals surface area (Å²) in [5.74, 6) is 1.58. The summed E-state index contributed by atoms with van der Waals surface area (Å²) in [5.41, 5.74) is 9.09. The first-order valence-electron chi connectivity index (χ1n) is 11.9. The summed E-state index contributed by atoms with van der Waals surface area (Å²) in [6.45, 7) is 3.68. The maximum absolute atomic E-state index is 12.7. The molecule has 6 rings (SSSR count). The fourth-order valence-corrected chi connectivity index (χ4v) is 5.67. The number of nitrogens with one attached hydrogen (secondary N) is 1. The number of nitrogen functional groups attached to an aromatic ring is 1. The molecule has 2 aliphatic rings. The number of anilines is 2. The third-order valence-electron chi connectivity index (χ3n) is 7.23. The third-order valence-corrected chi connectivity index (χ3v) is 7.23. The maximum Gasteiger partial charge on any atom is 0.256 e. The molecular formula is C27H25N7O2. The molecule has 0 saturated carbocycles. The van der Waals surface area contributed by atoms with Crippen molar-refractivity contribution in [1.82, 2.24) is 24.3 Å². The maximum atomic E-state index is 12.7. The number of aromatic nitrogens is 4. The van der Waals surface area contributed by atoms with Gasteiger partial charge in [-0.15, -0.1) is 0 Å². The van der Waals surface area contributed by atoms with Crippen LogP contribution in [0.5, 0.6) is 0 Å². The molecule has 2 amide bonds. The number of nitrogens with two attached hydrogens (primary N) is 1. The first-order chi connectivity index (χ1) is 17.5. The Balaban J connectivity index is 1.35. The van der Waals surface area contributed by atoms with Crippen LogP contribution in [0, 0.1) is 0 Å². The van der Waals surface area contributed by atoms with Crippen molar-refractivity contribution in [1.29, 1.82) is 0 Å². The Bertz CT molecular complexity index is 1480. The lowest BCUT2D eigenvalue weighted by Crippen LogP contribution is -2.35. The van der Waals surface area contributed by atoms with Crippen LogP contribution in [0.4, 0.5) is 11.6 Å². The average molecular weight is 480 g/mol. The molecule has 3 atom stereocenters. The number of hydrogen-bond acceptors (Lipinski definition) is 6. The van der Waals surface area contributed by atoms with Crippen molar-refractivity contribution in [3.63, 3.8) is 0 Å². The van der Waals surface area contributed by atoms with Gasteiger partial charge < -0.3 is 16.0 Å². The van der Waals surface area contributed by atoms with Gasteiger partial charge in [0.05, 0.1) is 0 Å². The van der Waals surface area contributed by atoms with E-state index in [2.05, 4.69) is 21.9 Å². The zero-order chi connectivity index (χ0) is 24.8. The number of rotatable bonds is 5. The molecule has 0 spiro atoms. The van der Waals surface area contributed by atoms with Gasteiger partial charge in [0.2, 0.25) is 5.91 Å². The van der Waals surface area contributed by atoms with Crippen LogP contribution in [-0.2, 0) is 4.79 Å². The van der Waals surface area contributed by atoms with E-state index < -0.39 is 0 Å². The minimum Gasteiger partial charge on any atom is -0.382 e. The zero-order valence-corrected chi connectivity index (χ0v) is 19.5. The van der Waals surface area contributed by atoms with Crippen LogP contribution < -0.4 is 11.1 Å². The van der Waals surface area contributed by atoms with Gasteiger partial charge >= 0.3 is 0 Å². The highest BCUT2D eigenvalue weighted by atomic mass is 16.2. The van der Waals surface area contributed by atoms with Gasteiger partial charge in [0, 0.05) is 47.7 Å². The second kappa shape index (κ2) is 8.60. The van der Waals surface area contributed by atoms with Crippen molar-refractivity contribution in [2.24, 2.45) is 0 Å². The monoisotopic (exact) mass is 479 g/mol. The van der Waals surface area contributed by atoms with Gasteiger partial charge in [0.25, 0.3) is 5.91 Å². The molecule has 9 heteroatoms. The van der Waals surface area contributed by atoms with E-state index >= 15 is 0 Å². The molecule has 2 fully saturated rings. The number of imidazole rings is 1. The van der Waals surface area contributed by atoms with Gasteiger partial charge in [0.1, 0.15) is 28.7 Å². The van der Waals surface area contributed by atoms with Crippen LogP contribution in [0.15, 0.2) is 73.7 Å². The predicted octanol–water partition coefficient (Wildman–Crippen LogP) is 3.66. The summed E-state index contributed by atoms with van der Waals surface area (Å²) in [4.78, 5) is 40.6. The van der Waals surface area contributed by atoms with Gasteiger partial charge in [-0.05, 0) is 49.6 Å². The van der Waals surface area contributed by atoms with Gasteiger partial charge in [0.15, 0.2) is 0 Å². The van der Waals surface area contributed by atoms with Crippen molar-refractivity contribution < 1.29 is 9.59 Å². The number of fused-ring (bicyclic) bond motifs is 3. The Morgan fingerprint density at radius 1 is 1.08 bits per heavy atom. The molecule has 180 valence electrons. The zero-order valence-electron chi connectivity index (χ0n) is 19.5. The van der Waals surface area contributed by atoms with Crippen molar-refractivity contribution in [3.8, 4) is 11.3 Å². The highest BCUT2D eigenvalue weighted by Crippen LogP contribution is 2.47. The van der Waals surface area contributed by atoms with E-state index in [4.69, 9.17) is 10.7 Å². The first kappa shape index (κ1) is 22.0. The van der Waals surface area contributed by atoms with Gasteiger partial charge in [-0.25, -0.2) is 15.0 Å².